The summed E-state index contributed by atoms with van der Waals surface area (Å²) in [4.78, 5) is 17.8. The highest BCUT2D eigenvalue weighted by molar-refractivity contribution is 7.99. The lowest BCUT2D eigenvalue weighted by molar-refractivity contribution is 0.904. The predicted octanol–water partition coefficient (Wildman–Crippen LogP) is 4.86. The van der Waals surface area contributed by atoms with Crippen LogP contribution in [0.15, 0.2) is 53.0 Å². The molecule has 0 atom stereocenters. The second-order valence-corrected chi connectivity index (χ2v) is 7.96. The van der Waals surface area contributed by atoms with Gasteiger partial charge in [0, 0.05) is 11.4 Å². The van der Waals surface area contributed by atoms with E-state index >= 15 is 0 Å². The lowest BCUT2D eigenvalue weighted by Gasteiger charge is -2.11. The van der Waals surface area contributed by atoms with Crippen molar-refractivity contribution in [3.8, 4) is 0 Å². The van der Waals surface area contributed by atoms with Gasteiger partial charge in [-0.05, 0) is 86.0 Å². The lowest BCUT2D eigenvalue weighted by Crippen LogP contribution is -2.05. The van der Waals surface area contributed by atoms with E-state index in [1.165, 1.54) is 40.3 Å². The van der Waals surface area contributed by atoms with Gasteiger partial charge in [-0.1, -0.05) is 12.1 Å². The van der Waals surface area contributed by atoms with Crippen molar-refractivity contribution in [2.45, 2.75) is 38.0 Å². The molecular formula is C21H22N8S. The Morgan fingerprint density at radius 2 is 1.30 bits per heavy atom. The maximum absolute atomic E-state index is 4.55. The average molecular weight is 419 g/mol. The highest BCUT2D eigenvalue weighted by Gasteiger charge is 2.11. The van der Waals surface area contributed by atoms with Crippen LogP contribution in [0.3, 0.4) is 0 Å². The number of aromatic amines is 1. The maximum atomic E-state index is 4.55. The Balaban J connectivity index is 1.66. The van der Waals surface area contributed by atoms with Gasteiger partial charge in [0.25, 0.3) is 0 Å². The molecule has 3 N–H and O–H groups in total. The molecule has 0 spiro atoms. The van der Waals surface area contributed by atoms with E-state index < -0.39 is 0 Å². The molecule has 2 aromatic heterocycles. The highest BCUT2D eigenvalue weighted by Crippen LogP contribution is 2.25. The summed E-state index contributed by atoms with van der Waals surface area (Å²) < 4.78 is 0. The number of rotatable bonds is 6. The van der Waals surface area contributed by atoms with Crippen LogP contribution >= 0.6 is 11.8 Å². The number of hydrogen-bond acceptors (Lipinski definition) is 8. The van der Waals surface area contributed by atoms with Crippen LogP contribution in [0.1, 0.15) is 22.3 Å². The monoisotopic (exact) mass is 418 g/mol. The predicted molar refractivity (Wildman–Crippen MR) is 119 cm³/mol. The van der Waals surface area contributed by atoms with E-state index in [1.54, 1.807) is 0 Å². The summed E-state index contributed by atoms with van der Waals surface area (Å²) in [6, 6.07) is 12.3. The third kappa shape index (κ3) is 4.74. The van der Waals surface area contributed by atoms with Crippen LogP contribution in [0.5, 0.6) is 0 Å². The minimum Gasteiger partial charge on any atom is -0.324 e. The minimum atomic E-state index is 0.446. The van der Waals surface area contributed by atoms with Crippen LogP contribution in [-0.2, 0) is 0 Å². The summed E-state index contributed by atoms with van der Waals surface area (Å²) in [6.45, 7) is 8.32. The first-order valence-corrected chi connectivity index (χ1v) is 10.3. The standard InChI is InChI=1S/C21H22N8S/c1-12-5-7-16(9-14(12)3)24-18-26-19(25-17-8-6-13(2)15(4)10-17)28-21(27-18)30-20-22-11-23-29-20/h5-11H,1-4H3,(H,22,23,29)(H2,24,25,26,27,28). The summed E-state index contributed by atoms with van der Waals surface area (Å²) in [5.41, 5.74) is 6.68. The van der Waals surface area contributed by atoms with Crippen molar-refractivity contribution in [1.29, 1.82) is 0 Å². The number of H-pyrrole nitrogens is 1. The molecule has 9 heteroatoms. The first-order chi connectivity index (χ1) is 14.5. The maximum Gasteiger partial charge on any atom is 0.233 e. The molecule has 0 aliphatic rings. The molecule has 0 radical (unpaired) electrons. The van der Waals surface area contributed by atoms with E-state index in [0.29, 0.717) is 22.2 Å². The van der Waals surface area contributed by atoms with Gasteiger partial charge in [-0.15, -0.1) is 0 Å². The molecule has 152 valence electrons. The topological polar surface area (TPSA) is 104 Å². The zero-order valence-corrected chi connectivity index (χ0v) is 18.0. The van der Waals surface area contributed by atoms with Crippen molar-refractivity contribution < 1.29 is 0 Å². The van der Waals surface area contributed by atoms with Gasteiger partial charge in [-0.3, -0.25) is 5.10 Å². The number of nitrogens with one attached hydrogen (secondary N) is 3. The zero-order valence-electron chi connectivity index (χ0n) is 17.2. The van der Waals surface area contributed by atoms with Gasteiger partial charge in [-0.25, -0.2) is 4.98 Å². The van der Waals surface area contributed by atoms with Crippen molar-refractivity contribution in [2.24, 2.45) is 0 Å². The summed E-state index contributed by atoms with van der Waals surface area (Å²) >= 11 is 1.28. The molecule has 0 bridgehead atoms. The fourth-order valence-corrected chi connectivity index (χ4v) is 3.38. The molecule has 2 aromatic carbocycles. The molecule has 4 aromatic rings. The first kappa shape index (κ1) is 19.8. The van der Waals surface area contributed by atoms with Gasteiger partial charge in [0.1, 0.15) is 6.33 Å². The number of nitrogens with zero attached hydrogens (tertiary/aromatic N) is 5. The summed E-state index contributed by atoms with van der Waals surface area (Å²) in [5.74, 6) is 0.892. The Morgan fingerprint density at radius 3 is 1.77 bits per heavy atom. The number of aryl methyl sites for hydroxylation is 4. The van der Waals surface area contributed by atoms with E-state index in [-0.39, 0.29) is 0 Å². The molecule has 0 aliphatic carbocycles. The van der Waals surface area contributed by atoms with Crippen LogP contribution < -0.4 is 10.6 Å². The molecule has 0 saturated carbocycles. The number of anilines is 4. The Kier molecular flexibility index (Phi) is 5.62. The Hall–Kier alpha value is -3.46. The molecule has 0 unspecified atom stereocenters. The van der Waals surface area contributed by atoms with Crippen LogP contribution in [0.4, 0.5) is 23.3 Å². The third-order valence-electron chi connectivity index (χ3n) is 4.72. The van der Waals surface area contributed by atoms with Crippen molar-refractivity contribution >= 4 is 35.0 Å². The smallest absolute Gasteiger partial charge is 0.233 e. The van der Waals surface area contributed by atoms with E-state index in [2.05, 4.69) is 92.7 Å². The molecule has 0 fully saturated rings. The molecule has 4 rings (SSSR count). The van der Waals surface area contributed by atoms with Gasteiger partial charge in [-0.2, -0.15) is 20.1 Å². The second-order valence-electron chi connectivity index (χ2n) is 7.01. The molecule has 0 saturated heterocycles. The number of hydrogen-bond donors (Lipinski definition) is 3. The number of aromatic nitrogens is 6. The molecule has 0 amide bonds. The Morgan fingerprint density at radius 1 is 0.733 bits per heavy atom. The number of benzene rings is 2. The van der Waals surface area contributed by atoms with Crippen LogP contribution in [0.25, 0.3) is 0 Å². The van der Waals surface area contributed by atoms with E-state index in [1.807, 2.05) is 12.1 Å². The van der Waals surface area contributed by atoms with Gasteiger partial charge in [0.15, 0.2) is 5.16 Å². The summed E-state index contributed by atoms with van der Waals surface area (Å²) in [5, 5.41) is 14.3. The van der Waals surface area contributed by atoms with Crippen LogP contribution in [0.2, 0.25) is 0 Å². The fourth-order valence-electron chi connectivity index (χ4n) is 2.74. The van der Waals surface area contributed by atoms with Crippen molar-refractivity contribution in [3.05, 3.63) is 65.0 Å². The summed E-state index contributed by atoms with van der Waals surface area (Å²) in [7, 11) is 0. The minimum absolute atomic E-state index is 0.446. The fraction of sp³-hybridized carbons (Fsp3) is 0.190. The molecular weight excluding hydrogens is 396 g/mol. The Bertz CT molecular complexity index is 1100. The van der Waals surface area contributed by atoms with Crippen molar-refractivity contribution in [1.82, 2.24) is 30.1 Å². The highest BCUT2D eigenvalue weighted by atomic mass is 32.2. The van der Waals surface area contributed by atoms with Gasteiger partial charge in [0.05, 0.1) is 0 Å². The first-order valence-electron chi connectivity index (χ1n) is 9.44. The van der Waals surface area contributed by atoms with Gasteiger partial charge in [0.2, 0.25) is 17.1 Å². The van der Waals surface area contributed by atoms with E-state index in [4.69, 9.17) is 0 Å². The quantitative estimate of drug-likeness (QED) is 0.408. The Labute approximate surface area is 179 Å². The van der Waals surface area contributed by atoms with E-state index in [0.717, 1.165) is 11.4 Å². The van der Waals surface area contributed by atoms with Crippen LogP contribution in [-0.4, -0.2) is 30.1 Å². The second kappa shape index (κ2) is 8.50. The average Bonchev–Trinajstić information content (AvgIpc) is 3.20. The summed E-state index contributed by atoms with van der Waals surface area (Å²) in [6.07, 6.45) is 1.45. The molecule has 8 nitrogen and oxygen atoms in total. The SMILES string of the molecule is Cc1ccc(Nc2nc(Nc3ccc(C)c(C)c3)nc(Sc3ncn[nH]3)n2)cc1C. The molecule has 2 heterocycles. The van der Waals surface area contributed by atoms with Crippen LogP contribution in [0, 0.1) is 27.7 Å². The lowest BCUT2D eigenvalue weighted by atomic mass is 10.1. The van der Waals surface area contributed by atoms with Crippen molar-refractivity contribution in [3.63, 3.8) is 0 Å². The normalized spacial score (nSPS) is 10.8. The van der Waals surface area contributed by atoms with E-state index in [9.17, 15) is 0 Å². The largest absolute Gasteiger partial charge is 0.324 e. The third-order valence-corrected chi connectivity index (χ3v) is 5.48. The molecule has 30 heavy (non-hydrogen) atoms. The zero-order chi connectivity index (χ0) is 21.1. The van der Waals surface area contributed by atoms with Gasteiger partial charge >= 0.3 is 0 Å². The van der Waals surface area contributed by atoms with Crippen molar-refractivity contribution in [2.75, 3.05) is 10.6 Å². The molecule has 0 aliphatic heterocycles. The van der Waals surface area contributed by atoms with Gasteiger partial charge < -0.3 is 10.6 Å².